The molecular formula is C24H24N2O4. The van der Waals surface area contributed by atoms with Crippen LogP contribution in [0, 0.1) is 0 Å². The van der Waals surface area contributed by atoms with Crippen molar-refractivity contribution in [2.24, 2.45) is 5.10 Å². The highest BCUT2D eigenvalue weighted by atomic mass is 16.5. The number of nitrogens with one attached hydrogen (secondary N) is 1. The van der Waals surface area contributed by atoms with Crippen LogP contribution < -0.4 is 14.9 Å². The van der Waals surface area contributed by atoms with Gasteiger partial charge in [0, 0.05) is 12.0 Å². The van der Waals surface area contributed by atoms with Crippen LogP contribution in [0.25, 0.3) is 0 Å². The molecule has 3 aromatic rings. The summed E-state index contributed by atoms with van der Waals surface area (Å²) >= 11 is 0. The first-order valence-corrected chi connectivity index (χ1v) is 9.71. The Labute approximate surface area is 175 Å². The molecule has 0 atom stereocenters. The largest absolute Gasteiger partial charge is 0.508 e. The lowest BCUT2D eigenvalue weighted by Crippen LogP contribution is -2.17. The van der Waals surface area contributed by atoms with Crippen molar-refractivity contribution in [2.45, 2.75) is 13.3 Å². The molecule has 154 valence electrons. The van der Waals surface area contributed by atoms with Crippen molar-refractivity contribution in [3.05, 3.63) is 89.5 Å². The van der Waals surface area contributed by atoms with Gasteiger partial charge in [-0.15, -0.1) is 0 Å². The number of benzene rings is 3. The Hall–Kier alpha value is -3.80. The first kappa shape index (κ1) is 20.9. The summed E-state index contributed by atoms with van der Waals surface area (Å²) in [6, 6.07) is 21.6. The van der Waals surface area contributed by atoms with E-state index in [1.165, 1.54) is 36.0 Å². The molecule has 0 aromatic heterocycles. The number of phenolic OH excluding ortho intramolecular Hbond substituents is 1. The molecule has 0 spiro atoms. The van der Waals surface area contributed by atoms with Gasteiger partial charge in [-0.2, -0.15) is 5.10 Å². The maximum Gasteiger partial charge on any atom is 0.271 e. The van der Waals surface area contributed by atoms with Gasteiger partial charge in [0.2, 0.25) is 0 Å². The SMILES string of the molecule is CCOc1cc(/C=N/NC(=O)c2ccc(O)cc2)ccc1OCCc1ccccc1. The lowest BCUT2D eigenvalue weighted by Gasteiger charge is -2.12. The Kier molecular flexibility index (Phi) is 7.44. The Bertz CT molecular complexity index is 986. The fraction of sp³-hybridized carbons (Fsp3) is 0.167. The number of carbonyl (C=O) groups is 1. The van der Waals surface area contributed by atoms with E-state index < -0.39 is 0 Å². The van der Waals surface area contributed by atoms with Gasteiger partial charge in [0.05, 0.1) is 19.4 Å². The second kappa shape index (κ2) is 10.7. The highest BCUT2D eigenvalue weighted by Gasteiger charge is 2.07. The quantitative estimate of drug-likeness (QED) is 0.414. The molecule has 0 bridgehead atoms. The van der Waals surface area contributed by atoms with Crippen molar-refractivity contribution < 1.29 is 19.4 Å². The number of hydrogen-bond acceptors (Lipinski definition) is 5. The maximum absolute atomic E-state index is 12.1. The molecule has 3 aromatic carbocycles. The van der Waals surface area contributed by atoms with Gasteiger partial charge >= 0.3 is 0 Å². The van der Waals surface area contributed by atoms with Crippen LogP contribution in [0.2, 0.25) is 0 Å². The third-order valence-corrected chi connectivity index (χ3v) is 4.27. The normalized spacial score (nSPS) is 10.7. The molecule has 0 saturated carbocycles. The van der Waals surface area contributed by atoms with Crippen molar-refractivity contribution in [1.29, 1.82) is 0 Å². The zero-order valence-electron chi connectivity index (χ0n) is 16.7. The fourth-order valence-corrected chi connectivity index (χ4v) is 2.76. The minimum absolute atomic E-state index is 0.101. The van der Waals surface area contributed by atoms with Gasteiger partial charge in [-0.1, -0.05) is 30.3 Å². The number of hydrazone groups is 1. The molecule has 0 aliphatic heterocycles. The number of amides is 1. The van der Waals surface area contributed by atoms with E-state index in [1.807, 2.05) is 43.3 Å². The topological polar surface area (TPSA) is 80.2 Å². The molecule has 0 aliphatic rings. The van der Waals surface area contributed by atoms with Gasteiger partial charge in [-0.3, -0.25) is 4.79 Å². The van der Waals surface area contributed by atoms with Crippen LogP contribution in [-0.4, -0.2) is 30.4 Å². The van der Waals surface area contributed by atoms with Crippen molar-refractivity contribution in [1.82, 2.24) is 5.43 Å². The van der Waals surface area contributed by atoms with E-state index in [1.54, 1.807) is 0 Å². The van der Waals surface area contributed by atoms with Gasteiger partial charge in [0.15, 0.2) is 11.5 Å². The zero-order chi connectivity index (χ0) is 21.2. The van der Waals surface area contributed by atoms with Crippen LogP contribution in [0.4, 0.5) is 0 Å². The molecule has 1 amide bonds. The van der Waals surface area contributed by atoms with Crippen LogP contribution in [0.15, 0.2) is 77.9 Å². The second-order valence-electron chi connectivity index (χ2n) is 6.47. The van der Waals surface area contributed by atoms with E-state index in [0.29, 0.717) is 30.3 Å². The summed E-state index contributed by atoms with van der Waals surface area (Å²) in [6.07, 6.45) is 2.34. The first-order valence-electron chi connectivity index (χ1n) is 9.71. The molecule has 3 rings (SSSR count). The molecule has 30 heavy (non-hydrogen) atoms. The molecule has 6 nitrogen and oxygen atoms in total. The number of hydrogen-bond donors (Lipinski definition) is 2. The maximum atomic E-state index is 12.1. The van der Waals surface area contributed by atoms with Crippen molar-refractivity contribution in [3.63, 3.8) is 0 Å². The van der Waals surface area contributed by atoms with Gasteiger partial charge < -0.3 is 14.6 Å². The monoisotopic (exact) mass is 404 g/mol. The Morgan fingerprint density at radius 2 is 1.77 bits per heavy atom. The third kappa shape index (κ3) is 6.10. The Morgan fingerprint density at radius 1 is 1.00 bits per heavy atom. The van der Waals surface area contributed by atoms with Gasteiger partial charge in [0.25, 0.3) is 5.91 Å². The first-order chi connectivity index (χ1) is 14.7. The van der Waals surface area contributed by atoms with Crippen LogP contribution in [0.5, 0.6) is 17.2 Å². The highest BCUT2D eigenvalue weighted by molar-refractivity contribution is 5.95. The fourth-order valence-electron chi connectivity index (χ4n) is 2.76. The number of ether oxygens (including phenoxy) is 2. The highest BCUT2D eigenvalue weighted by Crippen LogP contribution is 2.28. The lowest BCUT2D eigenvalue weighted by molar-refractivity contribution is 0.0955. The third-order valence-electron chi connectivity index (χ3n) is 4.27. The molecular weight excluding hydrogens is 380 g/mol. The summed E-state index contributed by atoms with van der Waals surface area (Å²) in [5, 5.41) is 13.3. The van der Waals surface area contributed by atoms with Gasteiger partial charge in [-0.05, 0) is 60.5 Å². The van der Waals surface area contributed by atoms with Crippen LogP contribution in [0.1, 0.15) is 28.4 Å². The smallest absolute Gasteiger partial charge is 0.271 e. The summed E-state index contributed by atoms with van der Waals surface area (Å²) in [5.74, 6) is 1.03. The summed E-state index contributed by atoms with van der Waals surface area (Å²) in [4.78, 5) is 12.1. The predicted molar refractivity (Wildman–Crippen MR) is 116 cm³/mol. The van der Waals surface area contributed by atoms with E-state index in [0.717, 1.165) is 12.0 Å². The molecule has 0 fully saturated rings. The van der Waals surface area contributed by atoms with Crippen LogP contribution >= 0.6 is 0 Å². The van der Waals surface area contributed by atoms with E-state index in [4.69, 9.17) is 9.47 Å². The van der Waals surface area contributed by atoms with Gasteiger partial charge in [-0.25, -0.2) is 5.43 Å². The second-order valence-corrected chi connectivity index (χ2v) is 6.47. The standard InChI is InChI=1S/C24H24N2O4/c1-2-29-23-16-19(17-25-26-24(28)20-9-11-21(27)12-10-20)8-13-22(23)30-15-14-18-6-4-3-5-7-18/h3-13,16-17,27H,2,14-15H2,1H3,(H,26,28)/b25-17+. The molecule has 6 heteroatoms. The van der Waals surface area contributed by atoms with Crippen molar-refractivity contribution in [2.75, 3.05) is 13.2 Å². The number of nitrogens with zero attached hydrogens (tertiary/aromatic N) is 1. The molecule has 2 N–H and O–H groups in total. The summed E-state index contributed by atoms with van der Waals surface area (Å²) < 4.78 is 11.6. The number of carbonyl (C=O) groups excluding carboxylic acids is 1. The minimum atomic E-state index is -0.364. The summed E-state index contributed by atoms with van der Waals surface area (Å²) in [5.41, 5.74) is 4.84. The minimum Gasteiger partial charge on any atom is -0.508 e. The average molecular weight is 404 g/mol. The van der Waals surface area contributed by atoms with Crippen molar-refractivity contribution >= 4 is 12.1 Å². The Balaban J connectivity index is 1.59. The van der Waals surface area contributed by atoms with E-state index >= 15 is 0 Å². The average Bonchev–Trinajstić information content (AvgIpc) is 2.76. The van der Waals surface area contributed by atoms with Crippen LogP contribution in [-0.2, 0) is 6.42 Å². The summed E-state index contributed by atoms with van der Waals surface area (Å²) in [7, 11) is 0. The molecule has 0 aliphatic carbocycles. The predicted octanol–water partition coefficient (Wildman–Crippen LogP) is 4.18. The summed E-state index contributed by atoms with van der Waals surface area (Å²) in [6.45, 7) is 2.96. The molecule has 0 saturated heterocycles. The number of rotatable bonds is 9. The van der Waals surface area contributed by atoms with E-state index in [2.05, 4.69) is 22.7 Å². The number of aromatic hydroxyl groups is 1. The molecule has 0 radical (unpaired) electrons. The van der Waals surface area contributed by atoms with E-state index in [9.17, 15) is 9.90 Å². The Morgan fingerprint density at radius 3 is 2.50 bits per heavy atom. The molecule has 0 heterocycles. The lowest BCUT2D eigenvalue weighted by atomic mass is 10.2. The van der Waals surface area contributed by atoms with Crippen LogP contribution in [0.3, 0.4) is 0 Å². The van der Waals surface area contributed by atoms with Crippen molar-refractivity contribution in [3.8, 4) is 17.2 Å². The number of phenols is 1. The zero-order valence-corrected chi connectivity index (χ0v) is 16.7. The van der Waals surface area contributed by atoms with Gasteiger partial charge in [0.1, 0.15) is 5.75 Å². The van der Waals surface area contributed by atoms with E-state index in [-0.39, 0.29) is 11.7 Å². The molecule has 0 unspecified atom stereocenters.